The van der Waals surface area contributed by atoms with Crippen LogP contribution in [-0.4, -0.2) is 67.3 Å². The van der Waals surface area contributed by atoms with Gasteiger partial charge in [-0.3, -0.25) is 18.0 Å². The van der Waals surface area contributed by atoms with Crippen LogP contribution in [0.15, 0.2) is 71.0 Å². The SMILES string of the molecule is C=CC(=O)OCCCOS(=O)(=O)c1ccc(OC(=O)C2CCC(C(=O)Oc3ccc(S(=O)(=O)OCCCCC4CO4)cc3)CC2)cc1. The number of ether oxygens (including phenoxy) is 4. The summed E-state index contributed by atoms with van der Waals surface area (Å²) in [4.78, 5) is 36.3. The molecule has 0 radical (unpaired) electrons. The number of hydrogen-bond donors (Lipinski definition) is 0. The maximum atomic E-state index is 12.8. The van der Waals surface area contributed by atoms with Crippen LogP contribution in [-0.2, 0) is 52.5 Å². The van der Waals surface area contributed by atoms with Crippen molar-refractivity contribution in [3.8, 4) is 11.5 Å². The molecule has 0 spiro atoms. The second-order valence-electron chi connectivity index (χ2n) is 11.1. The van der Waals surface area contributed by atoms with E-state index < -0.39 is 50.0 Å². The molecular formula is C32H38O13S2. The fourth-order valence-electron chi connectivity index (χ4n) is 4.79. The largest absolute Gasteiger partial charge is 0.462 e. The Balaban J connectivity index is 1.16. The Hall–Kier alpha value is -3.63. The third kappa shape index (κ3) is 11.5. The number of hydrogen-bond acceptors (Lipinski definition) is 13. The Morgan fingerprint density at radius 2 is 1.15 bits per heavy atom. The van der Waals surface area contributed by atoms with Crippen LogP contribution in [0.4, 0.5) is 0 Å². The normalized spacial score (nSPS) is 19.4. The van der Waals surface area contributed by atoms with Crippen molar-refractivity contribution in [2.24, 2.45) is 11.8 Å². The Labute approximate surface area is 274 Å². The molecule has 47 heavy (non-hydrogen) atoms. The maximum absolute atomic E-state index is 12.8. The highest BCUT2D eigenvalue weighted by Crippen LogP contribution is 2.32. The lowest BCUT2D eigenvalue weighted by Crippen LogP contribution is -2.30. The van der Waals surface area contributed by atoms with Crippen LogP contribution in [0.25, 0.3) is 0 Å². The lowest BCUT2D eigenvalue weighted by Gasteiger charge is -2.25. The van der Waals surface area contributed by atoms with Gasteiger partial charge >= 0.3 is 17.9 Å². The van der Waals surface area contributed by atoms with Gasteiger partial charge in [0.2, 0.25) is 0 Å². The van der Waals surface area contributed by atoms with Gasteiger partial charge in [0.1, 0.15) is 11.5 Å². The molecule has 1 unspecified atom stereocenters. The van der Waals surface area contributed by atoms with Crippen LogP contribution in [0.2, 0.25) is 0 Å². The first-order valence-electron chi connectivity index (χ1n) is 15.3. The van der Waals surface area contributed by atoms with Gasteiger partial charge in [-0.1, -0.05) is 6.58 Å². The van der Waals surface area contributed by atoms with E-state index >= 15 is 0 Å². The van der Waals surface area contributed by atoms with Crippen molar-refractivity contribution in [2.45, 2.75) is 67.3 Å². The maximum Gasteiger partial charge on any atom is 0.330 e. The predicted octanol–water partition coefficient (Wildman–Crippen LogP) is 4.10. The summed E-state index contributed by atoms with van der Waals surface area (Å²) in [5, 5.41) is 0. The van der Waals surface area contributed by atoms with Crippen molar-refractivity contribution in [2.75, 3.05) is 26.4 Å². The van der Waals surface area contributed by atoms with Gasteiger partial charge in [-0.05, 0) is 93.5 Å². The number of carbonyl (C=O) groups excluding carboxylic acids is 3. The van der Waals surface area contributed by atoms with Crippen LogP contribution >= 0.6 is 0 Å². The monoisotopic (exact) mass is 694 g/mol. The third-order valence-corrected chi connectivity index (χ3v) is 10.2. The van der Waals surface area contributed by atoms with Gasteiger partial charge in [-0.2, -0.15) is 16.8 Å². The Bertz CT molecular complexity index is 1590. The molecule has 13 nitrogen and oxygen atoms in total. The van der Waals surface area contributed by atoms with E-state index in [9.17, 15) is 31.2 Å². The Kier molecular flexibility index (Phi) is 13.1. The summed E-state index contributed by atoms with van der Waals surface area (Å²) in [6.07, 6.45) is 5.35. The number of rotatable bonds is 18. The number of epoxide rings is 1. The van der Waals surface area contributed by atoms with Gasteiger partial charge in [-0.25, -0.2) is 4.79 Å². The Morgan fingerprint density at radius 1 is 0.702 bits per heavy atom. The summed E-state index contributed by atoms with van der Waals surface area (Å²) >= 11 is 0. The molecule has 1 aliphatic carbocycles. The molecule has 1 heterocycles. The van der Waals surface area contributed by atoms with Crippen molar-refractivity contribution in [3.05, 3.63) is 61.2 Å². The van der Waals surface area contributed by atoms with Crippen LogP contribution in [0.1, 0.15) is 51.4 Å². The van der Waals surface area contributed by atoms with Crippen molar-refractivity contribution in [3.63, 3.8) is 0 Å². The minimum absolute atomic E-state index is 0.0194. The van der Waals surface area contributed by atoms with Gasteiger partial charge in [-0.15, -0.1) is 0 Å². The third-order valence-electron chi connectivity index (χ3n) is 7.55. The molecule has 0 bridgehead atoms. The van der Waals surface area contributed by atoms with Gasteiger partial charge in [0, 0.05) is 12.5 Å². The quantitative estimate of drug-likeness (QED) is 0.0544. The number of unbranched alkanes of at least 4 members (excludes halogenated alkanes) is 1. The fourth-order valence-corrected chi connectivity index (χ4v) is 6.67. The average Bonchev–Trinajstić information content (AvgIpc) is 3.89. The molecule has 15 heteroatoms. The molecule has 1 saturated heterocycles. The molecule has 2 aromatic rings. The van der Waals surface area contributed by atoms with E-state index in [0.29, 0.717) is 38.2 Å². The molecule has 1 aliphatic heterocycles. The zero-order chi connectivity index (χ0) is 33.9. The number of carbonyl (C=O) groups is 3. The van der Waals surface area contributed by atoms with E-state index in [2.05, 4.69) is 6.58 Å². The second kappa shape index (κ2) is 17.0. The van der Waals surface area contributed by atoms with Crippen molar-refractivity contribution in [1.82, 2.24) is 0 Å². The lowest BCUT2D eigenvalue weighted by atomic mass is 9.82. The Morgan fingerprint density at radius 3 is 1.57 bits per heavy atom. The first-order chi connectivity index (χ1) is 22.5. The van der Waals surface area contributed by atoms with Gasteiger partial charge < -0.3 is 18.9 Å². The highest BCUT2D eigenvalue weighted by molar-refractivity contribution is 7.87. The predicted molar refractivity (Wildman–Crippen MR) is 165 cm³/mol. The minimum atomic E-state index is -4.06. The summed E-state index contributed by atoms with van der Waals surface area (Å²) in [5.74, 6) is -2.11. The summed E-state index contributed by atoms with van der Waals surface area (Å²) in [6, 6.07) is 10.6. The van der Waals surface area contributed by atoms with Gasteiger partial charge in [0.15, 0.2) is 0 Å². The first-order valence-corrected chi connectivity index (χ1v) is 18.1. The molecule has 2 aromatic carbocycles. The zero-order valence-electron chi connectivity index (χ0n) is 25.7. The van der Waals surface area contributed by atoms with Crippen molar-refractivity contribution >= 4 is 38.1 Å². The molecule has 1 saturated carbocycles. The lowest BCUT2D eigenvalue weighted by molar-refractivity contribution is -0.145. The van der Waals surface area contributed by atoms with Crippen LogP contribution in [0.3, 0.4) is 0 Å². The van der Waals surface area contributed by atoms with Crippen LogP contribution < -0.4 is 9.47 Å². The highest BCUT2D eigenvalue weighted by Gasteiger charge is 2.32. The van der Waals surface area contributed by atoms with E-state index in [-0.39, 0.29) is 47.5 Å². The first kappa shape index (κ1) is 36.2. The van der Waals surface area contributed by atoms with Crippen molar-refractivity contribution in [1.29, 1.82) is 0 Å². The average molecular weight is 695 g/mol. The molecule has 0 aromatic heterocycles. The van der Waals surface area contributed by atoms with Crippen molar-refractivity contribution < 1.29 is 58.5 Å². The molecule has 2 aliphatic rings. The number of esters is 3. The standard InChI is InChI=1S/C32H38O13S2/c1-2-30(33)40-19-5-21-43-47(38,39)29-17-13-26(14-18-29)45-32(35)24-9-7-23(8-10-24)31(34)44-25-11-15-28(16-12-25)46(36,37)42-20-4-3-6-27-22-41-27/h2,11-18,23-24,27H,1,3-10,19-22H2. The summed E-state index contributed by atoms with van der Waals surface area (Å²) < 4.78 is 80.4. The summed E-state index contributed by atoms with van der Waals surface area (Å²) in [7, 11) is -7.99. The fraction of sp³-hybridized carbons (Fsp3) is 0.469. The van der Waals surface area contributed by atoms with Gasteiger partial charge in [0.05, 0.1) is 54.2 Å². The topological polar surface area (TPSA) is 178 Å². The highest BCUT2D eigenvalue weighted by atomic mass is 32.2. The van der Waals surface area contributed by atoms with E-state index in [1.54, 1.807) is 0 Å². The molecular weight excluding hydrogens is 656 g/mol. The second-order valence-corrected chi connectivity index (χ2v) is 14.3. The molecule has 1 atom stereocenters. The number of benzene rings is 2. The minimum Gasteiger partial charge on any atom is -0.462 e. The molecule has 0 N–H and O–H groups in total. The van der Waals surface area contributed by atoms with Gasteiger partial charge in [0.25, 0.3) is 20.2 Å². The van der Waals surface area contributed by atoms with E-state index in [1.807, 2.05) is 0 Å². The summed E-state index contributed by atoms with van der Waals surface area (Å²) in [5.41, 5.74) is 0. The zero-order valence-corrected chi connectivity index (χ0v) is 27.4. The summed E-state index contributed by atoms with van der Waals surface area (Å²) in [6.45, 7) is 3.90. The van der Waals surface area contributed by atoms with Crippen LogP contribution in [0, 0.1) is 11.8 Å². The van der Waals surface area contributed by atoms with E-state index in [1.165, 1.54) is 48.5 Å². The van der Waals surface area contributed by atoms with E-state index in [0.717, 1.165) is 25.5 Å². The smallest absolute Gasteiger partial charge is 0.330 e. The molecule has 256 valence electrons. The molecule has 4 rings (SSSR count). The van der Waals surface area contributed by atoms with Crippen LogP contribution in [0.5, 0.6) is 11.5 Å². The molecule has 2 fully saturated rings. The van der Waals surface area contributed by atoms with E-state index in [4.69, 9.17) is 27.3 Å². The molecule has 0 amide bonds.